The number of aliphatic hydroxyl groups is 1. The zero-order valence-corrected chi connectivity index (χ0v) is 15.6. The molecule has 0 saturated carbocycles. The summed E-state index contributed by atoms with van der Waals surface area (Å²) >= 11 is 1.45. The van der Waals surface area contributed by atoms with Gasteiger partial charge in [0.05, 0.1) is 12.1 Å². The van der Waals surface area contributed by atoms with E-state index in [-0.39, 0.29) is 23.9 Å². The second-order valence-electron chi connectivity index (χ2n) is 6.98. The van der Waals surface area contributed by atoms with E-state index in [2.05, 4.69) is 10.9 Å². The molecule has 2 bridgehead atoms. The zero-order valence-electron chi connectivity index (χ0n) is 14.8. The molecule has 1 unspecified atom stereocenters. The van der Waals surface area contributed by atoms with Crippen molar-refractivity contribution >= 4 is 23.2 Å². The molecular weight excluding hydrogens is 362 g/mol. The Hall–Kier alpha value is -2.69. The number of rotatable bonds is 3. The molecule has 2 saturated heterocycles. The molecule has 2 aromatic rings. The average molecular weight is 381 g/mol. The number of likely N-dealkylation sites (tertiary alicyclic amines) is 2. The summed E-state index contributed by atoms with van der Waals surface area (Å²) in [5.74, 6) is 2.09. The Balaban J connectivity index is 1.46. The largest absolute Gasteiger partial charge is 0.378 e. The van der Waals surface area contributed by atoms with Crippen molar-refractivity contribution in [3.63, 3.8) is 0 Å². The molecule has 2 aliphatic heterocycles. The van der Waals surface area contributed by atoms with Crippen LogP contribution in [0.25, 0.3) is 0 Å². The summed E-state index contributed by atoms with van der Waals surface area (Å²) in [4.78, 5) is 33.3. The highest BCUT2D eigenvalue weighted by molar-refractivity contribution is 7.08. The van der Waals surface area contributed by atoms with Gasteiger partial charge in [0.15, 0.2) is 6.10 Å². The summed E-state index contributed by atoms with van der Waals surface area (Å²) in [7, 11) is 0. The predicted octanol–water partition coefficient (Wildman–Crippen LogP) is 1.59. The molecule has 4 rings (SSSR count). The van der Waals surface area contributed by atoms with Gasteiger partial charge in [-0.15, -0.1) is 6.42 Å². The molecule has 6 nitrogen and oxygen atoms in total. The minimum absolute atomic E-state index is 0.0466. The fourth-order valence-electron chi connectivity index (χ4n) is 3.93. The third-order valence-electron chi connectivity index (χ3n) is 5.32. The Labute approximate surface area is 161 Å². The third-order valence-corrected chi connectivity index (χ3v) is 6.03. The van der Waals surface area contributed by atoms with Crippen LogP contribution in [-0.4, -0.2) is 56.9 Å². The molecule has 2 amide bonds. The first kappa shape index (κ1) is 17.7. The van der Waals surface area contributed by atoms with Crippen molar-refractivity contribution in [1.82, 2.24) is 14.8 Å². The first-order valence-corrected chi connectivity index (χ1v) is 9.68. The SMILES string of the molecule is C#Cc1cnc(C(=O)N2C[C@@H]3C[C@H]2CN3C(=O)C(O)c2ccsc2)c(C)c1. The van der Waals surface area contributed by atoms with E-state index in [4.69, 9.17) is 6.42 Å². The number of hydrogen-bond donors (Lipinski definition) is 1. The van der Waals surface area contributed by atoms with Gasteiger partial charge in [0.25, 0.3) is 11.8 Å². The number of hydrogen-bond acceptors (Lipinski definition) is 5. The molecule has 2 aliphatic rings. The maximum atomic E-state index is 12.9. The molecule has 2 fully saturated rings. The van der Waals surface area contributed by atoms with Gasteiger partial charge in [-0.05, 0) is 41.8 Å². The van der Waals surface area contributed by atoms with Crippen LogP contribution in [0.3, 0.4) is 0 Å². The topological polar surface area (TPSA) is 73.7 Å². The number of piperazine rings is 1. The molecule has 4 heterocycles. The molecule has 0 aromatic carbocycles. The molecule has 0 spiro atoms. The summed E-state index contributed by atoms with van der Waals surface area (Å²) in [5.41, 5.74) is 2.41. The maximum Gasteiger partial charge on any atom is 0.273 e. The number of terminal acetylenes is 1. The van der Waals surface area contributed by atoms with Gasteiger partial charge in [-0.25, -0.2) is 4.98 Å². The molecule has 2 aromatic heterocycles. The number of nitrogens with zero attached hydrogens (tertiary/aromatic N) is 3. The highest BCUT2D eigenvalue weighted by Crippen LogP contribution is 2.34. The number of aromatic nitrogens is 1. The Bertz CT molecular complexity index is 934. The number of aryl methyl sites for hydroxylation is 1. The van der Waals surface area contributed by atoms with Gasteiger partial charge in [0.2, 0.25) is 0 Å². The smallest absolute Gasteiger partial charge is 0.273 e. The Morgan fingerprint density at radius 1 is 1.37 bits per heavy atom. The lowest BCUT2D eigenvalue weighted by atomic mass is 10.1. The highest BCUT2D eigenvalue weighted by atomic mass is 32.1. The Morgan fingerprint density at radius 2 is 2.11 bits per heavy atom. The minimum Gasteiger partial charge on any atom is -0.378 e. The van der Waals surface area contributed by atoms with Crippen LogP contribution in [0, 0.1) is 19.3 Å². The Morgan fingerprint density at radius 3 is 2.70 bits per heavy atom. The molecule has 7 heteroatoms. The quantitative estimate of drug-likeness (QED) is 0.820. The first-order chi connectivity index (χ1) is 13.0. The number of carbonyl (C=O) groups is 2. The molecule has 27 heavy (non-hydrogen) atoms. The van der Waals surface area contributed by atoms with Gasteiger partial charge in [-0.2, -0.15) is 11.3 Å². The lowest BCUT2D eigenvalue weighted by Crippen LogP contribution is -2.51. The van der Waals surface area contributed by atoms with Crippen LogP contribution in [0.2, 0.25) is 0 Å². The van der Waals surface area contributed by atoms with Gasteiger partial charge in [0.1, 0.15) is 5.69 Å². The number of aliphatic hydroxyl groups excluding tert-OH is 1. The molecular formula is C20H19N3O3S. The molecule has 0 radical (unpaired) electrons. The van der Waals surface area contributed by atoms with E-state index in [1.54, 1.807) is 27.3 Å². The molecule has 138 valence electrons. The van der Waals surface area contributed by atoms with Crippen molar-refractivity contribution in [3.05, 3.63) is 51.5 Å². The number of thiophene rings is 1. The normalized spacial score (nSPS) is 22.0. The first-order valence-electron chi connectivity index (χ1n) is 8.74. The zero-order chi connectivity index (χ0) is 19.1. The van der Waals surface area contributed by atoms with Crippen LogP contribution in [-0.2, 0) is 4.79 Å². The lowest BCUT2D eigenvalue weighted by Gasteiger charge is -2.35. The fourth-order valence-corrected chi connectivity index (χ4v) is 4.61. The highest BCUT2D eigenvalue weighted by Gasteiger charge is 2.48. The Kier molecular flexibility index (Phi) is 4.46. The second-order valence-corrected chi connectivity index (χ2v) is 7.76. The molecule has 3 atom stereocenters. The number of carbonyl (C=O) groups excluding carboxylic acids is 2. The number of fused-ring (bicyclic) bond motifs is 2. The molecule has 0 aliphatic carbocycles. The van der Waals surface area contributed by atoms with Crippen LogP contribution < -0.4 is 0 Å². The third kappa shape index (κ3) is 3.01. The van der Waals surface area contributed by atoms with Crippen molar-refractivity contribution in [2.45, 2.75) is 31.5 Å². The van der Waals surface area contributed by atoms with Crippen LogP contribution >= 0.6 is 11.3 Å². The van der Waals surface area contributed by atoms with E-state index in [9.17, 15) is 14.7 Å². The van der Waals surface area contributed by atoms with Crippen molar-refractivity contribution in [1.29, 1.82) is 0 Å². The summed E-state index contributed by atoms with van der Waals surface area (Å²) < 4.78 is 0. The van der Waals surface area contributed by atoms with E-state index in [1.807, 2.05) is 12.3 Å². The van der Waals surface area contributed by atoms with Gasteiger partial charge in [0, 0.05) is 30.4 Å². The lowest BCUT2D eigenvalue weighted by molar-refractivity contribution is -0.142. The van der Waals surface area contributed by atoms with Crippen molar-refractivity contribution in [2.75, 3.05) is 13.1 Å². The summed E-state index contributed by atoms with van der Waals surface area (Å²) in [6, 6.07) is 3.42. The van der Waals surface area contributed by atoms with Crippen LogP contribution in [0.4, 0.5) is 0 Å². The summed E-state index contributed by atoms with van der Waals surface area (Å²) in [6.45, 7) is 2.73. The van der Waals surface area contributed by atoms with Gasteiger partial charge in [-0.1, -0.05) is 5.92 Å². The molecule has 1 N–H and O–H groups in total. The standard InChI is InChI=1S/C20H19N3O3S/c1-3-13-6-12(2)17(21-8-13)19(25)22-9-16-7-15(22)10-23(16)20(26)18(24)14-4-5-27-11-14/h1,4-6,8,11,15-16,18,24H,7,9-10H2,2H3/t15-,16-,18?/m0/s1. The maximum absolute atomic E-state index is 12.9. The van der Waals surface area contributed by atoms with Crippen LogP contribution in [0.15, 0.2) is 29.1 Å². The van der Waals surface area contributed by atoms with E-state index >= 15 is 0 Å². The number of amides is 2. The van der Waals surface area contributed by atoms with Gasteiger partial charge >= 0.3 is 0 Å². The average Bonchev–Trinajstić information content (AvgIpc) is 3.42. The monoisotopic (exact) mass is 381 g/mol. The van der Waals surface area contributed by atoms with Gasteiger partial charge < -0.3 is 14.9 Å². The van der Waals surface area contributed by atoms with Crippen molar-refractivity contribution in [3.8, 4) is 12.3 Å². The van der Waals surface area contributed by atoms with Gasteiger partial charge in [-0.3, -0.25) is 9.59 Å². The fraction of sp³-hybridized carbons (Fsp3) is 0.350. The van der Waals surface area contributed by atoms with Crippen LogP contribution in [0.1, 0.15) is 39.7 Å². The summed E-state index contributed by atoms with van der Waals surface area (Å²) in [5, 5.41) is 13.9. The number of pyridine rings is 1. The minimum atomic E-state index is -1.14. The van der Waals surface area contributed by atoms with Crippen molar-refractivity contribution < 1.29 is 14.7 Å². The van der Waals surface area contributed by atoms with E-state index in [0.29, 0.717) is 29.9 Å². The van der Waals surface area contributed by atoms with Crippen molar-refractivity contribution in [2.24, 2.45) is 0 Å². The van der Waals surface area contributed by atoms with E-state index in [1.165, 1.54) is 17.5 Å². The summed E-state index contributed by atoms with van der Waals surface area (Å²) in [6.07, 6.45) is 6.50. The van der Waals surface area contributed by atoms with Crippen LogP contribution in [0.5, 0.6) is 0 Å². The van der Waals surface area contributed by atoms with E-state index in [0.717, 1.165) is 12.0 Å². The predicted molar refractivity (Wildman–Crippen MR) is 101 cm³/mol. The van der Waals surface area contributed by atoms with E-state index < -0.39 is 6.10 Å². The second kappa shape index (κ2) is 6.80.